The Morgan fingerprint density at radius 3 is 2.68 bits per heavy atom. The Hall–Kier alpha value is -2.69. The molecule has 3 rings (SSSR count). The summed E-state index contributed by atoms with van der Waals surface area (Å²) in [6, 6.07) is 12.2. The van der Waals surface area contributed by atoms with Gasteiger partial charge in [-0.05, 0) is 42.3 Å². The normalized spacial score (nSPS) is 10.6. The zero-order valence-corrected chi connectivity index (χ0v) is 12.2. The van der Waals surface area contributed by atoms with Gasteiger partial charge in [0.25, 0.3) is 0 Å². The molecule has 3 aromatic rings. The molecular formula is C17H16FN3O. The summed E-state index contributed by atoms with van der Waals surface area (Å²) in [5, 5.41) is 4.22. The average Bonchev–Trinajstić information content (AvgIpc) is 2.56. The summed E-state index contributed by atoms with van der Waals surface area (Å²) in [5.74, 6) is 1.32. The number of hydrogen-bond acceptors (Lipinski definition) is 4. The second-order valence-electron chi connectivity index (χ2n) is 4.91. The zero-order valence-electron chi connectivity index (χ0n) is 12.2. The van der Waals surface area contributed by atoms with Crippen molar-refractivity contribution in [1.82, 2.24) is 9.97 Å². The summed E-state index contributed by atoms with van der Waals surface area (Å²) < 4.78 is 18.1. The molecule has 5 heteroatoms. The molecule has 22 heavy (non-hydrogen) atoms. The number of fused-ring (bicyclic) bond motifs is 1. The summed E-state index contributed by atoms with van der Waals surface area (Å²) in [6.07, 6.45) is 2.32. The molecule has 0 saturated heterocycles. The molecule has 1 N–H and O–H groups in total. The predicted molar refractivity (Wildman–Crippen MR) is 84.7 cm³/mol. The summed E-state index contributed by atoms with van der Waals surface area (Å²) >= 11 is 0. The van der Waals surface area contributed by atoms with Crippen LogP contribution in [0.4, 0.5) is 10.2 Å². The van der Waals surface area contributed by atoms with Crippen LogP contribution < -0.4 is 10.1 Å². The third-order valence-corrected chi connectivity index (χ3v) is 3.46. The number of nitrogens with zero attached hydrogens (tertiary/aromatic N) is 2. The number of aromatic nitrogens is 2. The van der Waals surface area contributed by atoms with Gasteiger partial charge >= 0.3 is 0 Å². The molecule has 0 bridgehead atoms. The van der Waals surface area contributed by atoms with Crippen molar-refractivity contribution >= 4 is 16.7 Å². The maximum Gasteiger partial charge on any atom is 0.137 e. The molecule has 0 aliphatic heterocycles. The van der Waals surface area contributed by atoms with Crippen LogP contribution in [0.3, 0.4) is 0 Å². The fourth-order valence-corrected chi connectivity index (χ4v) is 2.28. The minimum Gasteiger partial charge on any atom is -0.497 e. The molecule has 0 amide bonds. The highest BCUT2D eigenvalue weighted by Gasteiger charge is 2.05. The Bertz CT molecular complexity index is 774. The fourth-order valence-electron chi connectivity index (χ4n) is 2.28. The minimum absolute atomic E-state index is 0.217. The van der Waals surface area contributed by atoms with Gasteiger partial charge in [-0.15, -0.1) is 0 Å². The number of methoxy groups -OCH3 is 1. The van der Waals surface area contributed by atoms with Crippen molar-refractivity contribution in [2.45, 2.75) is 6.42 Å². The van der Waals surface area contributed by atoms with Crippen molar-refractivity contribution in [1.29, 1.82) is 0 Å². The van der Waals surface area contributed by atoms with Crippen LogP contribution in [0, 0.1) is 5.82 Å². The topological polar surface area (TPSA) is 47.0 Å². The van der Waals surface area contributed by atoms with Gasteiger partial charge < -0.3 is 10.1 Å². The number of hydrogen-bond donors (Lipinski definition) is 1. The van der Waals surface area contributed by atoms with Crippen LogP contribution in [0.5, 0.6) is 5.75 Å². The van der Waals surface area contributed by atoms with Crippen molar-refractivity contribution in [2.75, 3.05) is 19.0 Å². The summed E-state index contributed by atoms with van der Waals surface area (Å²) in [7, 11) is 1.63. The van der Waals surface area contributed by atoms with Gasteiger partial charge in [-0.3, -0.25) is 0 Å². The molecule has 1 heterocycles. The Morgan fingerprint density at radius 2 is 1.91 bits per heavy atom. The lowest BCUT2D eigenvalue weighted by Gasteiger charge is -2.09. The SMILES string of the molecule is COc1ccc2ncnc(NCCc3ccc(F)cc3)c2c1. The van der Waals surface area contributed by atoms with Gasteiger partial charge in [0.15, 0.2) is 0 Å². The highest BCUT2D eigenvalue weighted by Crippen LogP contribution is 2.24. The van der Waals surface area contributed by atoms with E-state index in [2.05, 4.69) is 15.3 Å². The lowest BCUT2D eigenvalue weighted by molar-refractivity contribution is 0.415. The summed E-state index contributed by atoms with van der Waals surface area (Å²) in [4.78, 5) is 8.53. The molecule has 0 saturated carbocycles. The third-order valence-electron chi connectivity index (χ3n) is 3.46. The Labute approximate surface area is 128 Å². The standard InChI is InChI=1S/C17H16FN3O/c1-22-14-6-7-16-15(10-14)17(21-11-20-16)19-9-8-12-2-4-13(18)5-3-12/h2-7,10-11H,8-9H2,1H3,(H,19,20,21). The van der Waals surface area contributed by atoms with Gasteiger partial charge in [0.05, 0.1) is 12.6 Å². The predicted octanol–water partition coefficient (Wildman–Crippen LogP) is 3.43. The molecule has 112 valence electrons. The van der Waals surface area contributed by atoms with E-state index in [1.807, 2.05) is 18.2 Å². The van der Waals surface area contributed by atoms with Crippen LogP contribution in [-0.2, 0) is 6.42 Å². The second-order valence-corrected chi connectivity index (χ2v) is 4.91. The highest BCUT2D eigenvalue weighted by atomic mass is 19.1. The molecule has 0 fully saturated rings. The van der Waals surface area contributed by atoms with E-state index in [1.165, 1.54) is 18.5 Å². The Kier molecular flexibility index (Phi) is 4.14. The first-order chi connectivity index (χ1) is 10.8. The molecule has 0 spiro atoms. The number of halogens is 1. The van der Waals surface area contributed by atoms with Gasteiger partial charge in [-0.2, -0.15) is 0 Å². The van der Waals surface area contributed by atoms with Crippen molar-refractivity contribution in [2.24, 2.45) is 0 Å². The molecule has 0 aliphatic rings. The first-order valence-corrected chi connectivity index (χ1v) is 7.03. The van der Waals surface area contributed by atoms with Crippen molar-refractivity contribution in [3.8, 4) is 5.75 Å². The molecule has 0 radical (unpaired) electrons. The maximum atomic E-state index is 12.9. The lowest BCUT2D eigenvalue weighted by atomic mass is 10.1. The van der Waals surface area contributed by atoms with Crippen LogP contribution >= 0.6 is 0 Å². The van der Waals surface area contributed by atoms with E-state index < -0.39 is 0 Å². The number of rotatable bonds is 5. The quantitative estimate of drug-likeness (QED) is 0.783. The summed E-state index contributed by atoms with van der Waals surface area (Å²) in [5.41, 5.74) is 1.94. The van der Waals surface area contributed by atoms with Gasteiger partial charge in [-0.1, -0.05) is 12.1 Å². The molecule has 2 aromatic carbocycles. The largest absolute Gasteiger partial charge is 0.497 e. The van der Waals surface area contributed by atoms with E-state index in [-0.39, 0.29) is 5.82 Å². The van der Waals surface area contributed by atoms with E-state index >= 15 is 0 Å². The summed E-state index contributed by atoms with van der Waals surface area (Å²) in [6.45, 7) is 0.703. The van der Waals surface area contributed by atoms with E-state index in [1.54, 1.807) is 19.2 Å². The van der Waals surface area contributed by atoms with Crippen molar-refractivity contribution in [3.63, 3.8) is 0 Å². The number of benzene rings is 2. The van der Waals surface area contributed by atoms with E-state index in [4.69, 9.17) is 4.74 Å². The maximum absolute atomic E-state index is 12.9. The molecule has 1 aromatic heterocycles. The van der Waals surface area contributed by atoms with Crippen molar-refractivity contribution in [3.05, 3.63) is 60.2 Å². The lowest BCUT2D eigenvalue weighted by Crippen LogP contribution is -2.07. The smallest absolute Gasteiger partial charge is 0.137 e. The number of ether oxygens (including phenoxy) is 1. The molecule has 0 aliphatic carbocycles. The van der Waals surface area contributed by atoms with Gasteiger partial charge in [-0.25, -0.2) is 14.4 Å². The first kappa shape index (κ1) is 14.3. The minimum atomic E-state index is -0.217. The van der Waals surface area contributed by atoms with Crippen LogP contribution in [0.15, 0.2) is 48.8 Å². The van der Waals surface area contributed by atoms with E-state index in [9.17, 15) is 4.39 Å². The molecule has 0 atom stereocenters. The van der Waals surface area contributed by atoms with Gasteiger partial charge in [0.2, 0.25) is 0 Å². The highest BCUT2D eigenvalue weighted by molar-refractivity contribution is 5.89. The van der Waals surface area contributed by atoms with Gasteiger partial charge in [0, 0.05) is 11.9 Å². The molecular weight excluding hydrogens is 281 g/mol. The number of anilines is 1. The number of nitrogens with one attached hydrogen (secondary N) is 1. The van der Waals surface area contributed by atoms with Gasteiger partial charge in [0.1, 0.15) is 23.7 Å². The zero-order chi connectivity index (χ0) is 15.4. The van der Waals surface area contributed by atoms with E-state index in [0.717, 1.165) is 34.5 Å². The molecule has 4 nitrogen and oxygen atoms in total. The first-order valence-electron chi connectivity index (χ1n) is 7.03. The average molecular weight is 297 g/mol. The fraction of sp³-hybridized carbons (Fsp3) is 0.176. The van der Waals surface area contributed by atoms with Crippen LogP contribution in [0.25, 0.3) is 10.9 Å². The van der Waals surface area contributed by atoms with Crippen LogP contribution in [0.2, 0.25) is 0 Å². The monoisotopic (exact) mass is 297 g/mol. The van der Waals surface area contributed by atoms with Crippen LogP contribution in [-0.4, -0.2) is 23.6 Å². The second kappa shape index (κ2) is 6.39. The van der Waals surface area contributed by atoms with Crippen LogP contribution in [0.1, 0.15) is 5.56 Å². The Morgan fingerprint density at radius 1 is 1.09 bits per heavy atom. The van der Waals surface area contributed by atoms with Crippen molar-refractivity contribution < 1.29 is 9.13 Å². The third kappa shape index (κ3) is 3.14. The molecule has 0 unspecified atom stereocenters. The van der Waals surface area contributed by atoms with E-state index in [0.29, 0.717) is 6.54 Å². The Balaban J connectivity index is 1.74.